The van der Waals surface area contributed by atoms with Crippen molar-refractivity contribution in [1.29, 1.82) is 0 Å². The van der Waals surface area contributed by atoms with Crippen LogP contribution < -0.4 is 25.3 Å². The molecule has 0 saturated carbocycles. The Hall–Kier alpha value is -1.95. The molecule has 112 valence electrons. The van der Waals surface area contributed by atoms with Crippen molar-refractivity contribution in [3.05, 3.63) is 17.7 Å². The molecule has 0 radical (unpaired) electrons. The SMILES string of the molecule is COc1cc(C(C)NC(=O)[C@H](C)N)cc(OC)c1OC. The summed E-state index contributed by atoms with van der Waals surface area (Å²) in [4.78, 5) is 11.6. The fourth-order valence-electron chi connectivity index (χ4n) is 1.78. The van der Waals surface area contributed by atoms with Crippen LogP contribution in [0.3, 0.4) is 0 Å². The highest BCUT2D eigenvalue weighted by molar-refractivity contribution is 5.81. The van der Waals surface area contributed by atoms with Crippen LogP contribution in [0, 0.1) is 0 Å². The topological polar surface area (TPSA) is 82.8 Å². The summed E-state index contributed by atoms with van der Waals surface area (Å²) in [6.45, 7) is 3.50. The molecular formula is C14H22N2O4. The van der Waals surface area contributed by atoms with Crippen molar-refractivity contribution in [2.24, 2.45) is 5.73 Å². The van der Waals surface area contributed by atoms with E-state index < -0.39 is 6.04 Å². The number of hydrogen-bond donors (Lipinski definition) is 2. The lowest BCUT2D eigenvalue weighted by Gasteiger charge is -2.19. The zero-order valence-corrected chi connectivity index (χ0v) is 12.5. The van der Waals surface area contributed by atoms with Gasteiger partial charge in [-0.25, -0.2) is 0 Å². The van der Waals surface area contributed by atoms with Gasteiger partial charge >= 0.3 is 0 Å². The molecule has 6 nitrogen and oxygen atoms in total. The molecule has 20 heavy (non-hydrogen) atoms. The van der Waals surface area contributed by atoms with Gasteiger partial charge in [-0.1, -0.05) is 0 Å². The molecule has 0 aliphatic rings. The van der Waals surface area contributed by atoms with E-state index in [1.54, 1.807) is 40.4 Å². The summed E-state index contributed by atoms with van der Waals surface area (Å²) < 4.78 is 15.8. The largest absolute Gasteiger partial charge is 0.493 e. The molecule has 1 rings (SSSR count). The number of carbonyl (C=O) groups is 1. The fourth-order valence-corrected chi connectivity index (χ4v) is 1.78. The Morgan fingerprint density at radius 3 is 1.95 bits per heavy atom. The number of methoxy groups -OCH3 is 3. The Morgan fingerprint density at radius 1 is 1.10 bits per heavy atom. The van der Waals surface area contributed by atoms with E-state index >= 15 is 0 Å². The number of rotatable bonds is 6. The van der Waals surface area contributed by atoms with E-state index in [0.717, 1.165) is 5.56 Å². The number of carbonyl (C=O) groups excluding carboxylic acids is 1. The van der Waals surface area contributed by atoms with E-state index in [1.807, 2.05) is 6.92 Å². The van der Waals surface area contributed by atoms with Crippen molar-refractivity contribution in [3.8, 4) is 17.2 Å². The standard InChI is InChI=1S/C14H22N2O4/c1-8(15)14(17)16-9(2)10-6-11(18-3)13(20-5)12(7-10)19-4/h6-9H,15H2,1-5H3,(H,16,17)/t8-,9?/m0/s1. The van der Waals surface area contributed by atoms with Crippen LogP contribution in [0.4, 0.5) is 0 Å². The van der Waals surface area contributed by atoms with E-state index in [-0.39, 0.29) is 11.9 Å². The van der Waals surface area contributed by atoms with Crippen molar-refractivity contribution in [2.45, 2.75) is 25.9 Å². The van der Waals surface area contributed by atoms with E-state index in [9.17, 15) is 4.79 Å². The molecule has 2 atom stereocenters. The molecule has 0 fully saturated rings. The molecule has 0 aliphatic heterocycles. The average molecular weight is 282 g/mol. The zero-order chi connectivity index (χ0) is 15.3. The van der Waals surface area contributed by atoms with Gasteiger partial charge < -0.3 is 25.3 Å². The second kappa shape index (κ2) is 7.00. The summed E-state index contributed by atoms with van der Waals surface area (Å²) in [7, 11) is 4.64. The first-order valence-corrected chi connectivity index (χ1v) is 6.30. The summed E-state index contributed by atoms with van der Waals surface area (Å²) >= 11 is 0. The van der Waals surface area contributed by atoms with E-state index in [1.165, 1.54) is 0 Å². The predicted molar refractivity (Wildman–Crippen MR) is 76.3 cm³/mol. The summed E-state index contributed by atoms with van der Waals surface area (Å²) in [5.74, 6) is 1.39. The van der Waals surface area contributed by atoms with Gasteiger partial charge in [-0.05, 0) is 31.5 Å². The zero-order valence-electron chi connectivity index (χ0n) is 12.5. The Kier molecular flexibility index (Phi) is 5.64. The molecule has 0 aromatic heterocycles. The van der Waals surface area contributed by atoms with Crippen LogP contribution in [0.25, 0.3) is 0 Å². The molecule has 1 unspecified atom stereocenters. The van der Waals surface area contributed by atoms with Crippen LogP contribution in [0.5, 0.6) is 17.2 Å². The van der Waals surface area contributed by atoms with E-state index in [4.69, 9.17) is 19.9 Å². The maximum Gasteiger partial charge on any atom is 0.237 e. The lowest BCUT2D eigenvalue weighted by molar-refractivity contribution is -0.122. The first-order chi connectivity index (χ1) is 9.44. The first kappa shape index (κ1) is 16.1. The third-order valence-electron chi connectivity index (χ3n) is 2.96. The summed E-state index contributed by atoms with van der Waals surface area (Å²) in [6, 6.07) is 2.82. The van der Waals surface area contributed by atoms with Crippen molar-refractivity contribution >= 4 is 5.91 Å². The third-order valence-corrected chi connectivity index (χ3v) is 2.96. The normalized spacial score (nSPS) is 13.3. The monoisotopic (exact) mass is 282 g/mol. The second-order valence-corrected chi connectivity index (χ2v) is 4.48. The minimum absolute atomic E-state index is 0.216. The van der Waals surface area contributed by atoms with Gasteiger partial charge in [0, 0.05) is 0 Å². The highest BCUT2D eigenvalue weighted by atomic mass is 16.5. The summed E-state index contributed by atoms with van der Waals surface area (Å²) in [6.07, 6.45) is 0. The number of nitrogens with one attached hydrogen (secondary N) is 1. The van der Waals surface area contributed by atoms with E-state index in [2.05, 4.69) is 5.32 Å². The molecular weight excluding hydrogens is 260 g/mol. The lowest BCUT2D eigenvalue weighted by atomic mass is 10.1. The number of ether oxygens (including phenoxy) is 3. The number of benzene rings is 1. The fraction of sp³-hybridized carbons (Fsp3) is 0.500. The van der Waals surface area contributed by atoms with Gasteiger partial charge in [0.05, 0.1) is 33.4 Å². The number of hydrogen-bond acceptors (Lipinski definition) is 5. The molecule has 1 aromatic carbocycles. The Morgan fingerprint density at radius 2 is 1.60 bits per heavy atom. The quantitative estimate of drug-likeness (QED) is 0.820. The minimum atomic E-state index is -0.556. The Labute approximate surface area is 119 Å². The molecule has 3 N–H and O–H groups in total. The highest BCUT2D eigenvalue weighted by Crippen LogP contribution is 2.39. The lowest BCUT2D eigenvalue weighted by Crippen LogP contribution is -2.39. The van der Waals surface area contributed by atoms with Crippen LogP contribution >= 0.6 is 0 Å². The average Bonchev–Trinajstić information content (AvgIpc) is 2.45. The van der Waals surface area contributed by atoms with Crippen LogP contribution in [0.15, 0.2) is 12.1 Å². The third kappa shape index (κ3) is 3.54. The highest BCUT2D eigenvalue weighted by Gasteiger charge is 2.18. The molecule has 1 amide bonds. The molecule has 6 heteroatoms. The molecule has 0 heterocycles. The van der Waals surface area contributed by atoms with Gasteiger partial charge in [0.1, 0.15) is 0 Å². The van der Waals surface area contributed by atoms with Gasteiger partial charge in [-0.15, -0.1) is 0 Å². The van der Waals surface area contributed by atoms with Crippen LogP contribution in [0.1, 0.15) is 25.5 Å². The maximum atomic E-state index is 11.6. The second-order valence-electron chi connectivity index (χ2n) is 4.48. The van der Waals surface area contributed by atoms with Crippen molar-refractivity contribution in [3.63, 3.8) is 0 Å². The molecule has 1 aromatic rings. The minimum Gasteiger partial charge on any atom is -0.493 e. The van der Waals surface area contributed by atoms with Crippen molar-refractivity contribution < 1.29 is 19.0 Å². The van der Waals surface area contributed by atoms with Crippen molar-refractivity contribution in [1.82, 2.24) is 5.32 Å². The van der Waals surface area contributed by atoms with Crippen LogP contribution in [-0.4, -0.2) is 33.3 Å². The molecule has 0 spiro atoms. The van der Waals surface area contributed by atoms with E-state index in [0.29, 0.717) is 17.2 Å². The predicted octanol–water partition coefficient (Wildman–Crippen LogP) is 1.24. The first-order valence-electron chi connectivity index (χ1n) is 6.30. The van der Waals surface area contributed by atoms with Gasteiger partial charge in [0.25, 0.3) is 0 Å². The number of nitrogens with two attached hydrogens (primary N) is 1. The van der Waals surface area contributed by atoms with Gasteiger partial charge in [-0.3, -0.25) is 4.79 Å². The molecule has 0 saturated heterocycles. The Balaban J connectivity index is 3.09. The smallest absolute Gasteiger partial charge is 0.237 e. The van der Waals surface area contributed by atoms with Gasteiger partial charge in [0.2, 0.25) is 11.7 Å². The molecule has 0 bridgehead atoms. The molecule has 0 aliphatic carbocycles. The van der Waals surface area contributed by atoms with Gasteiger partial charge in [0.15, 0.2) is 11.5 Å². The summed E-state index contributed by atoms with van der Waals surface area (Å²) in [5, 5.41) is 2.82. The van der Waals surface area contributed by atoms with Crippen LogP contribution in [0.2, 0.25) is 0 Å². The van der Waals surface area contributed by atoms with Crippen molar-refractivity contribution in [2.75, 3.05) is 21.3 Å². The summed E-state index contributed by atoms with van der Waals surface area (Å²) in [5.41, 5.74) is 6.38. The van der Waals surface area contributed by atoms with Crippen LogP contribution in [-0.2, 0) is 4.79 Å². The van der Waals surface area contributed by atoms with Gasteiger partial charge in [-0.2, -0.15) is 0 Å². The number of amides is 1. The maximum absolute atomic E-state index is 11.6. The Bertz CT molecular complexity index is 449.